The van der Waals surface area contributed by atoms with E-state index >= 15 is 0 Å². The number of ether oxygens (including phenoxy) is 2. The molecule has 0 saturated carbocycles. The quantitative estimate of drug-likeness (QED) is 0.609. The van der Waals surface area contributed by atoms with Gasteiger partial charge in [-0.05, 0) is 51.4 Å². The largest absolute Gasteiger partial charge is 0.454 e. The van der Waals surface area contributed by atoms with Crippen LogP contribution < -0.4 is 9.47 Å². The lowest BCUT2D eigenvalue weighted by Crippen LogP contribution is -2.28. The molecule has 0 bridgehead atoms. The van der Waals surface area contributed by atoms with E-state index in [4.69, 9.17) is 14.0 Å². The molecule has 7 nitrogen and oxygen atoms in total. The highest BCUT2D eigenvalue weighted by atomic mass is 16.7. The Hall–Kier alpha value is -2.80. The maximum atomic E-state index is 5.76. The molecule has 158 valence electrons. The number of likely N-dealkylation sites (tertiary alicyclic amines) is 1. The molecule has 3 aromatic rings. The van der Waals surface area contributed by atoms with Gasteiger partial charge in [0.2, 0.25) is 6.79 Å². The minimum Gasteiger partial charge on any atom is -0.454 e. The second kappa shape index (κ2) is 8.14. The normalized spacial score (nSPS) is 19.2. The number of hydrogen-bond acceptors (Lipinski definition) is 6. The summed E-state index contributed by atoms with van der Waals surface area (Å²) in [5.41, 5.74) is 4.37. The van der Waals surface area contributed by atoms with Gasteiger partial charge in [-0.3, -0.25) is 9.58 Å². The molecule has 2 aliphatic heterocycles. The number of aryl methyl sites for hydroxylation is 2. The van der Waals surface area contributed by atoms with E-state index in [1.165, 1.54) is 24.8 Å². The summed E-state index contributed by atoms with van der Waals surface area (Å²) in [5, 5.41) is 9.10. The molecule has 1 aromatic carbocycles. The van der Waals surface area contributed by atoms with Gasteiger partial charge in [0.25, 0.3) is 0 Å². The van der Waals surface area contributed by atoms with Crippen LogP contribution in [0.2, 0.25) is 0 Å². The molecular formula is C23H28N4O3. The highest BCUT2D eigenvalue weighted by Gasteiger charge is 2.27. The number of nitrogens with zero attached hydrogens (tertiary/aromatic N) is 4. The van der Waals surface area contributed by atoms with Crippen LogP contribution in [0.3, 0.4) is 0 Å². The van der Waals surface area contributed by atoms with Crippen molar-refractivity contribution < 1.29 is 14.0 Å². The summed E-state index contributed by atoms with van der Waals surface area (Å²) in [4.78, 5) is 2.54. The highest BCUT2D eigenvalue weighted by molar-refractivity contribution is 5.63. The number of fused-ring (bicyclic) bond motifs is 1. The van der Waals surface area contributed by atoms with Crippen LogP contribution in [-0.4, -0.2) is 33.2 Å². The third-order valence-corrected chi connectivity index (χ3v) is 6.14. The van der Waals surface area contributed by atoms with Crippen molar-refractivity contribution in [2.24, 2.45) is 0 Å². The minimum atomic E-state index is 0.253. The van der Waals surface area contributed by atoms with Gasteiger partial charge in [-0.15, -0.1) is 0 Å². The Labute approximate surface area is 176 Å². The topological polar surface area (TPSA) is 65.5 Å². The second-order valence-electron chi connectivity index (χ2n) is 8.12. The standard InChI is InChI=1S/C23H28N4O3/c1-3-27-14-18(16(2)24-27)13-26-10-6-4-5-7-20(26)19-12-22(30-25-19)17-8-9-21-23(11-17)29-15-28-21/h8-9,11-12,14,20H,3-7,10,13,15H2,1-2H3/t20-/m0/s1. The molecule has 0 N–H and O–H groups in total. The van der Waals surface area contributed by atoms with Gasteiger partial charge in [-0.25, -0.2) is 0 Å². The molecule has 2 aliphatic rings. The average Bonchev–Trinajstić information content (AvgIpc) is 3.46. The molecular weight excluding hydrogens is 380 g/mol. The van der Waals surface area contributed by atoms with E-state index in [0.29, 0.717) is 0 Å². The third kappa shape index (κ3) is 3.69. The van der Waals surface area contributed by atoms with Crippen molar-refractivity contribution in [2.75, 3.05) is 13.3 Å². The van der Waals surface area contributed by atoms with Gasteiger partial charge in [0, 0.05) is 36.5 Å². The Morgan fingerprint density at radius 2 is 2.00 bits per heavy atom. The Morgan fingerprint density at radius 1 is 1.10 bits per heavy atom. The summed E-state index contributed by atoms with van der Waals surface area (Å²) >= 11 is 0. The number of hydrogen-bond donors (Lipinski definition) is 0. The van der Waals surface area contributed by atoms with E-state index in [9.17, 15) is 0 Å². The van der Waals surface area contributed by atoms with Gasteiger partial charge >= 0.3 is 0 Å². The van der Waals surface area contributed by atoms with Crippen LogP contribution in [0.25, 0.3) is 11.3 Å². The van der Waals surface area contributed by atoms with E-state index in [2.05, 4.69) is 41.3 Å². The molecule has 0 unspecified atom stereocenters. The van der Waals surface area contributed by atoms with Gasteiger partial charge in [-0.2, -0.15) is 5.10 Å². The predicted molar refractivity (Wildman–Crippen MR) is 112 cm³/mol. The molecule has 0 amide bonds. The molecule has 5 rings (SSSR count). The van der Waals surface area contributed by atoms with Crippen molar-refractivity contribution in [3.8, 4) is 22.8 Å². The summed E-state index contributed by atoms with van der Waals surface area (Å²) in [5.74, 6) is 2.30. The Kier molecular flexibility index (Phi) is 5.21. The van der Waals surface area contributed by atoms with Gasteiger partial charge < -0.3 is 14.0 Å². The maximum absolute atomic E-state index is 5.76. The van der Waals surface area contributed by atoms with Crippen LogP contribution in [-0.2, 0) is 13.1 Å². The molecule has 0 aliphatic carbocycles. The van der Waals surface area contributed by atoms with E-state index in [1.54, 1.807) is 0 Å². The first kappa shape index (κ1) is 19.2. The van der Waals surface area contributed by atoms with Crippen molar-refractivity contribution in [3.63, 3.8) is 0 Å². The zero-order valence-corrected chi connectivity index (χ0v) is 17.6. The SMILES string of the molecule is CCn1cc(CN2CCCCC[C@H]2c2cc(-c3ccc4c(c3)OCO4)on2)c(C)n1. The summed E-state index contributed by atoms with van der Waals surface area (Å²) < 4.78 is 18.7. The van der Waals surface area contributed by atoms with E-state index in [1.807, 2.05) is 22.9 Å². The second-order valence-corrected chi connectivity index (χ2v) is 8.12. The first-order chi connectivity index (χ1) is 14.7. The molecule has 0 radical (unpaired) electrons. The van der Waals surface area contributed by atoms with Crippen molar-refractivity contribution in [1.82, 2.24) is 19.8 Å². The highest BCUT2D eigenvalue weighted by Crippen LogP contribution is 2.38. The fourth-order valence-corrected chi connectivity index (χ4v) is 4.42. The summed E-state index contributed by atoms with van der Waals surface area (Å²) in [7, 11) is 0. The maximum Gasteiger partial charge on any atom is 0.231 e. The summed E-state index contributed by atoms with van der Waals surface area (Å²) in [6.07, 6.45) is 6.95. The average molecular weight is 409 g/mol. The van der Waals surface area contributed by atoms with Crippen LogP contribution in [0, 0.1) is 6.92 Å². The van der Waals surface area contributed by atoms with Crippen LogP contribution in [0.15, 0.2) is 35.0 Å². The molecule has 7 heteroatoms. The Balaban J connectivity index is 1.40. The molecule has 1 saturated heterocycles. The minimum absolute atomic E-state index is 0.253. The molecule has 1 fully saturated rings. The first-order valence-electron chi connectivity index (χ1n) is 10.8. The van der Waals surface area contributed by atoms with Crippen LogP contribution in [0.4, 0.5) is 0 Å². The molecule has 2 aromatic heterocycles. The summed E-state index contributed by atoms with van der Waals surface area (Å²) in [6.45, 7) is 7.34. The Bertz CT molecular complexity index is 1030. The predicted octanol–water partition coefficient (Wildman–Crippen LogP) is 4.71. The van der Waals surface area contributed by atoms with Gasteiger partial charge in [-0.1, -0.05) is 18.0 Å². The van der Waals surface area contributed by atoms with Gasteiger partial charge in [0.1, 0.15) is 5.69 Å². The lowest BCUT2D eigenvalue weighted by Gasteiger charge is -2.28. The number of rotatable bonds is 5. The van der Waals surface area contributed by atoms with Crippen LogP contribution >= 0.6 is 0 Å². The lowest BCUT2D eigenvalue weighted by molar-refractivity contribution is 0.174. The van der Waals surface area contributed by atoms with E-state index in [-0.39, 0.29) is 12.8 Å². The zero-order valence-electron chi connectivity index (χ0n) is 17.6. The molecule has 4 heterocycles. The fraction of sp³-hybridized carbons (Fsp3) is 0.478. The zero-order chi connectivity index (χ0) is 20.5. The monoisotopic (exact) mass is 408 g/mol. The third-order valence-electron chi connectivity index (χ3n) is 6.14. The first-order valence-corrected chi connectivity index (χ1v) is 10.8. The fourth-order valence-electron chi connectivity index (χ4n) is 4.42. The lowest BCUT2D eigenvalue weighted by atomic mass is 10.0. The Morgan fingerprint density at radius 3 is 2.87 bits per heavy atom. The number of benzene rings is 1. The molecule has 1 atom stereocenters. The summed E-state index contributed by atoms with van der Waals surface area (Å²) in [6, 6.07) is 8.21. The smallest absolute Gasteiger partial charge is 0.231 e. The van der Waals surface area contributed by atoms with Gasteiger partial charge in [0.05, 0.1) is 11.7 Å². The van der Waals surface area contributed by atoms with Crippen molar-refractivity contribution in [1.29, 1.82) is 0 Å². The number of aromatic nitrogens is 3. The van der Waals surface area contributed by atoms with E-state index in [0.717, 1.165) is 60.3 Å². The van der Waals surface area contributed by atoms with Crippen LogP contribution in [0.5, 0.6) is 11.5 Å². The van der Waals surface area contributed by atoms with Crippen LogP contribution in [0.1, 0.15) is 55.6 Å². The molecule has 0 spiro atoms. The van der Waals surface area contributed by atoms with Crippen molar-refractivity contribution in [2.45, 2.75) is 58.7 Å². The molecule has 30 heavy (non-hydrogen) atoms. The van der Waals surface area contributed by atoms with Crippen molar-refractivity contribution >= 4 is 0 Å². The van der Waals surface area contributed by atoms with E-state index < -0.39 is 0 Å². The van der Waals surface area contributed by atoms with Crippen molar-refractivity contribution in [3.05, 3.63) is 47.4 Å². The van der Waals surface area contributed by atoms with Gasteiger partial charge in [0.15, 0.2) is 17.3 Å².